The van der Waals surface area contributed by atoms with E-state index in [-0.39, 0.29) is 31.1 Å². The number of nitrogens with one attached hydrogen (secondary N) is 2. The Labute approximate surface area is 158 Å². The summed E-state index contributed by atoms with van der Waals surface area (Å²) in [7, 11) is 0. The maximum absolute atomic E-state index is 11.9. The van der Waals surface area contributed by atoms with Gasteiger partial charge in [0.2, 0.25) is 11.8 Å². The second kappa shape index (κ2) is 10.6. The third-order valence-corrected chi connectivity index (χ3v) is 3.96. The van der Waals surface area contributed by atoms with Crippen LogP contribution >= 0.6 is 11.6 Å². The quantitative estimate of drug-likeness (QED) is 0.706. The van der Waals surface area contributed by atoms with Crippen molar-refractivity contribution in [2.24, 2.45) is 0 Å². The molecule has 0 bridgehead atoms. The van der Waals surface area contributed by atoms with E-state index in [9.17, 15) is 9.59 Å². The van der Waals surface area contributed by atoms with Crippen LogP contribution in [0.5, 0.6) is 0 Å². The molecule has 0 aliphatic carbocycles. The van der Waals surface area contributed by atoms with Crippen molar-refractivity contribution in [3.63, 3.8) is 0 Å². The zero-order valence-corrected chi connectivity index (χ0v) is 15.5. The molecule has 0 fully saturated rings. The molecular weight excluding hydrogens is 352 g/mol. The van der Waals surface area contributed by atoms with Gasteiger partial charge in [-0.15, -0.1) is 0 Å². The topological polar surface area (TPSA) is 67.4 Å². The lowest BCUT2D eigenvalue weighted by atomic mass is 10.1. The lowest BCUT2D eigenvalue weighted by Gasteiger charge is -2.14. The van der Waals surface area contributed by atoms with Crippen LogP contribution in [0.2, 0.25) is 5.02 Å². The summed E-state index contributed by atoms with van der Waals surface area (Å²) in [4.78, 5) is 23.6. The molecule has 2 aromatic carbocycles. The highest BCUT2D eigenvalue weighted by atomic mass is 35.5. The minimum absolute atomic E-state index is 0.0363. The lowest BCUT2D eigenvalue weighted by molar-refractivity contribution is -0.129. The number of hydrogen-bond acceptors (Lipinski definition) is 3. The summed E-state index contributed by atoms with van der Waals surface area (Å²) in [6, 6.07) is 16.9. The highest BCUT2D eigenvalue weighted by molar-refractivity contribution is 6.30. The van der Waals surface area contributed by atoms with Crippen LogP contribution in [0.25, 0.3) is 0 Å². The molecule has 26 heavy (non-hydrogen) atoms. The molecule has 2 rings (SSSR count). The first-order chi connectivity index (χ1) is 12.5. The summed E-state index contributed by atoms with van der Waals surface area (Å²) in [5.41, 5.74) is 1.87. The van der Waals surface area contributed by atoms with E-state index in [0.717, 1.165) is 12.8 Å². The Balaban J connectivity index is 1.60. The molecule has 2 amide bonds. The molecule has 0 spiro atoms. The van der Waals surface area contributed by atoms with Crippen molar-refractivity contribution in [2.75, 3.05) is 18.5 Å². The molecule has 138 valence electrons. The minimum Gasteiger partial charge on any atom is -0.362 e. The highest BCUT2D eigenvalue weighted by Gasteiger charge is 2.09. The van der Waals surface area contributed by atoms with Crippen molar-refractivity contribution in [3.05, 3.63) is 65.2 Å². The molecule has 1 atom stereocenters. The number of ether oxygens (including phenoxy) is 1. The van der Waals surface area contributed by atoms with Gasteiger partial charge in [-0.1, -0.05) is 41.9 Å². The van der Waals surface area contributed by atoms with Gasteiger partial charge < -0.3 is 15.4 Å². The van der Waals surface area contributed by atoms with Crippen molar-refractivity contribution >= 4 is 29.1 Å². The van der Waals surface area contributed by atoms with Gasteiger partial charge in [0.15, 0.2) is 0 Å². The second-order valence-electron chi connectivity index (χ2n) is 6.04. The first kappa shape index (κ1) is 19.9. The Morgan fingerprint density at radius 1 is 1.00 bits per heavy atom. The van der Waals surface area contributed by atoms with Gasteiger partial charge in [-0.2, -0.15) is 0 Å². The molecule has 0 radical (unpaired) electrons. The van der Waals surface area contributed by atoms with Crippen LogP contribution in [0.3, 0.4) is 0 Å². The monoisotopic (exact) mass is 374 g/mol. The fourth-order valence-electron chi connectivity index (χ4n) is 2.38. The number of rotatable bonds is 9. The molecule has 0 aliphatic rings. The van der Waals surface area contributed by atoms with E-state index in [1.165, 1.54) is 5.56 Å². The standard InChI is InChI=1S/C20H23ClN2O3/c1-15(7-8-16-5-3-2-4-6-16)22-19(24)13-26-14-20(25)23-18-11-9-17(21)10-12-18/h2-6,9-12,15H,7-8,13-14H2,1H3,(H,22,24)(H,23,25)/t15-/m1/s1. The molecule has 0 aromatic heterocycles. The number of amides is 2. The van der Waals surface area contributed by atoms with Crippen molar-refractivity contribution in [3.8, 4) is 0 Å². The Bertz CT molecular complexity index is 705. The normalized spacial score (nSPS) is 11.6. The van der Waals surface area contributed by atoms with Crippen molar-refractivity contribution in [1.29, 1.82) is 0 Å². The number of halogens is 1. The second-order valence-corrected chi connectivity index (χ2v) is 6.48. The number of hydrogen-bond donors (Lipinski definition) is 2. The SMILES string of the molecule is C[C@H](CCc1ccccc1)NC(=O)COCC(=O)Nc1ccc(Cl)cc1. The summed E-state index contributed by atoms with van der Waals surface area (Å²) < 4.78 is 5.17. The summed E-state index contributed by atoms with van der Waals surface area (Å²) in [5, 5.41) is 6.13. The average molecular weight is 375 g/mol. The van der Waals surface area contributed by atoms with E-state index in [1.54, 1.807) is 24.3 Å². The van der Waals surface area contributed by atoms with Crippen LogP contribution in [0.1, 0.15) is 18.9 Å². The number of carbonyl (C=O) groups excluding carboxylic acids is 2. The summed E-state index contributed by atoms with van der Waals surface area (Å²) in [6.07, 6.45) is 1.74. The fraction of sp³-hybridized carbons (Fsp3) is 0.300. The van der Waals surface area contributed by atoms with E-state index in [0.29, 0.717) is 10.7 Å². The molecule has 2 N–H and O–H groups in total. The van der Waals surface area contributed by atoms with Crippen molar-refractivity contribution < 1.29 is 14.3 Å². The molecule has 0 saturated carbocycles. The first-order valence-electron chi connectivity index (χ1n) is 8.49. The summed E-state index contributed by atoms with van der Waals surface area (Å²) in [5.74, 6) is -0.554. The number of carbonyl (C=O) groups is 2. The average Bonchev–Trinajstić information content (AvgIpc) is 2.63. The molecule has 6 heteroatoms. The largest absolute Gasteiger partial charge is 0.362 e. The lowest BCUT2D eigenvalue weighted by Crippen LogP contribution is -2.36. The fourth-order valence-corrected chi connectivity index (χ4v) is 2.51. The van der Waals surface area contributed by atoms with Crippen molar-refractivity contribution in [1.82, 2.24) is 5.32 Å². The molecule has 5 nitrogen and oxygen atoms in total. The number of anilines is 1. The molecule has 2 aromatic rings. The third-order valence-electron chi connectivity index (χ3n) is 3.71. The number of aryl methyl sites for hydroxylation is 1. The van der Waals surface area contributed by atoms with Crippen LogP contribution in [0.15, 0.2) is 54.6 Å². The molecule has 0 saturated heterocycles. The van der Waals surface area contributed by atoms with Crippen LogP contribution in [0, 0.1) is 0 Å². The molecular formula is C20H23ClN2O3. The van der Waals surface area contributed by atoms with Gasteiger partial charge in [0.05, 0.1) is 0 Å². The number of benzene rings is 2. The summed E-state index contributed by atoms with van der Waals surface area (Å²) >= 11 is 5.78. The van der Waals surface area contributed by atoms with Crippen LogP contribution in [-0.4, -0.2) is 31.1 Å². The maximum Gasteiger partial charge on any atom is 0.250 e. The van der Waals surface area contributed by atoms with Gasteiger partial charge in [-0.3, -0.25) is 9.59 Å². The van der Waals surface area contributed by atoms with Crippen LogP contribution < -0.4 is 10.6 Å². The van der Waals surface area contributed by atoms with Crippen molar-refractivity contribution in [2.45, 2.75) is 25.8 Å². The van der Waals surface area contributed by atoms with Crippen LogP contribution in [-0.2, 0) is 20.7 Å². The maximum atomic E-state index is 11.9. The van der Waals surface area contributed by atoms with E-state index in [4.69, 9.17) is 16.3 Å². The predicted molar refractivity (Wildman–Crippen MR) is 103 cm³/mol. The third kappa shape index (κ3) is 7.68. The van der Waals surface area contributed by atoms with E-state index in [1.807, 2.05) is 25.1 Å². The Hall–Kier alpha value is -2.37. The zero-order valence-electron chi connectivity index (χ0n) is 14.7. The van der Waals surface area contributed by atoms with E-state index < -0.39 is 0 Å². The van der Waals surface area contributed by atoms with Crippen LogP contribution in [0.4, 0.5) is 5.69 Å². The Morgan fingerprint density at radius 2 is 1.65 bits per heavy atom. The highest BCUT2D eigenvalue weighted by Crippen LogP contribution is 2.13. The predicted octanol–water partition coefficient (Wildman–Crippen LogP) is 3.43. The van der Waals surface area contributed by atoms with E-state index in [2.05, 4.69) is 22.8 Å². The van der Waals surface area contributed by atoms with Gasteiger partial charge in [-0.25, -0.2) is 0 Å². The molecule has 0 aliphatic heterocycles. The first-order valence-corrected chi connectivity index (χ1v) is 8.87. The van der Waals surface area contributed by atoms with Gasteiger partial charge >= 0.3 is 0 Å². The smallest absolute Gasteiger partial charge is 0.250 e. The summed E-state index contributed by atoms with van der Waals surface area (Å²) in [6.45, 7) is 1.62. The van der Waals surface area contributed by atoms with Gasteiger partial charge in [0.25, 0.3) is 0 Å². The van der Waals surface area contributed by atoms with Gasteiger partial charge in [-0.05, 0) is 49.6 Å². The Morgan fingerprint density at radius 3 is 2.35 bits per heavy atom. The minimum atomic E-state index is -0.322. The zero-order chi connectivity index (χ0) is 18.8. The molecule has 0 heterocycles. The van der Waals surface area contributed by atoms with E-state index >= 15 is 0 Å². The van der Waals surface area contributed by atoms with Gasteiger partial charge in [0.1, 0.15) is 13.2 Å². The molecule has 0 unspecified atom stereocenters. The van der Waals surface area contributed by atoms with Gasteiger partial charge in [0, 0.05) is 16.8 Å². The Kier molecular flexibility index (Phi) is 8.12.